The summed E-state index contributed by atoms with van der Waals surface area (Å²) < 4.78 is 5.04. The highest BCUT2D eigenvalue weighted by Crippen LogP contribution is 2.21. The number of amides is 1. The summed E-state index contributed by atoms with van der Waals surface area (Å²) in [5.41, 5.74) is 3.24. The molecule has 0 aromatic heterocycles. The zero-order valence-electron chi connectivity index (χ0n) is 11.2. The molecule has 0 aliphatic heterocycles. The van der Waals surface area contributed by atoms with Gasteiger partial charge in [-0.05, 0) is 48.0 Å². The van der Waals surface area contributed by atoms with E-state index in [9.17, 15) is 9.90 Å². The number of hydrogen-bond acceptors (Lipinski definition) is 4. The number of nitrogens with zero attached hydrogens (tertiary/aromatic N) is 1. The second-order valence-electron chi connectivity index (χ2n) is 4.13. The maximum absolute atomic E-state index is 11.8. The van der Waals surface area contributed by atoms with E-state index in [-0.39, 0.29) is 11.3 Å². The largest absolute Gasteiger partial charge is 0.507 e. The van der Waals surface area contributed by atoms with Crippen molar-refractivity contribution in [3.63, 3.8) is 0 Å². The summed E-state index contributed by atoms with van der Waals surface area (Å²) in [6.07, 6.45) is 1.49. The lowest BCUT2D eigenvalue weighted by molar-refractivity contribution is 0.0952. The van der Waals surface area contributed by atoms with Crippen molar-refractivity contribution in [3.05, 3.63) is 58.6 Å². The van der Waals surface area contributed by atoms with Crippen LogP contribution in [0.5, 0.6) is 11.5 Å². The minimum absolute atomic E-state index is 0.103. The van der Waals surface area contributed by atoms with Crippen LogP contribution in [-0.4, -0.2) is 24.3 Å². The number of nitrogens with one attached hydrogen (secondary N) is 1. The molecule has 0 atom stereocenters. The highest BCUT2D eigenvalue weighted by Gasteiger charge is 2.10. The van der Waals surface area contributed by atoms with Gasteiger partial charge in [0, 0.05) is 5.02 Å². The molecule has 0 saturated carbocycles. The molecule has 2 N–H and O–H groups in total. The molecule has 0 saturated heterocycles. The van der Waals surface area contributed by atoms with Gasteiger partial charge in [0.05, 0.1) is 18.9 Å². The summed E-state index contributed by atoms with van der Waals surface area (Å²) in [6, 6.07) is 11.4. The van der Waals surface area contributed by atoms with Crippen LogP contribution in [0.3, 0.4) is 0 Å². The fourth-order valence-corrected chi connectivity index (χ4v) is 1.78. The lowest BCUT2D eigenvalue weighted by Crippen LogP contribution is -2.17. The van der Waals surface area contributed by atoms with E-state index in [0.717, 1.165) is 11.3 Å². The number of methoxy groups -OCH3 is 1. The molecule has 5 nitrogen and oxygen atoms in total. The Kier molecular flexibility index (Phi) is 4.79. The summed E-state index contributed by atoms with van der Waals surface area (Å²) in [4.78, 5) is 11.8. The number of aromatic hydroxyl groups is 1. The fourth-order valence-electron chi connectivity index (χ4n) is 1.61. The number of hydrogen-bond donors (Lipinski definition) is 2. The van der Waals surface area contributed by atoms with Crippen molar-refractivity contribution in [3.8, 4) is 11.5 Å². The molecular weight excluding hydrogens is 292 g/mol. The lowest BCUT2D eigenvalue weighted by Gasteiger charge is -2.03. The first-order chi connectivity index (χ1) is 10.1. The third-order valence-electron chi connectivity index (χ3n) is 2.70. The van der Waals surface area contributed by atoms with Gasteiger partial charge in [0.2, 0.25) is 0 Å². The second kappa shape index (κ2) is 6.76. The maximum atomic E-state index is 11.8. The molecule has 2 aromatic carbocycles. The van der Waals surface area contributed by atoms with Gasteiger partial charge in [-0.25, -0.2) is 5.43 Å². The molecule has 0 bridgehead atoms. The van der Waals surface area contributed by atoms with Gasteiger partial charge in [-0.15, -0.1) is 0 Å². The van der Waals surface area contributed by atoms with Gasteiger partial charge < -0.3 is 9.84 Å². The van der Waals surface area contributed by atoms with Gasteiger partial charge >= 0.3 is 0 Å². The van der Waals surface area contributed by atoms with E-state index in [2.05, 4.69) is 10.5 Å². The number of phenolic OH excluding ortho intramolecular Hbond substituents is 1. The van der Waals surface area contributed by atoms with Crippen molar-refractivity contribution in [1.29, 1.82) is 0 Å². The smallest absolute Gasteiger partial charge is 0.275 e. The zero-order valence-corrected chi connectivity index (χ0v) is 12.0. The number of rotatable bonds is 4. The molecule has 0 heterocycles. The molecule has 0 spiro atoms. The van der Waals surface area contributed by atoms with E-state index in [1.54, 1.807) is 31.4 Å². The minimum atomic E-state index is -0.520. The van der Waals surface area contributed by atoms with Crippen LogP contribution in [0.25, 0.3) is 0 Å². The Morgan fingerprint density at radius 1 is 1.29 bits per heavy atom. The Bertz CT molecular complexity index is 669. The molecule has 108 valence electrons. The summed E-state index contributed by atoms with van der Waals surface area (Å²) >= 11 is 5.70. The predicted octanol–water partition coefficient (Wildman–Crippen LogP) is 2.82. The highest BCUT2D eigenvalue weighted by molar-refractivity contribution is 6.30. The van der Waals surface area contributed by atoms with Crippen molar-refractivity contribution in [2.24, 2.45) is 5.10 Å². The SMILES string of the molecule is COc1ccc(C=NNC(=O)c2ccc(Cl)cc2O)cc1. The molecule has 0 radical (unpaired) electrons. The van der Waals surface area contributed by atoms with Crippen molar-refractivity contribution < 1.29 is 14.6 Å². The molecule has 0 unspecified atom stereocenters. The topological polar surface area (TPSA) is 70.9 Å². The highest BCUT2D eigenvalue weighted by atomic mass is 35.5. The first-order valence-corrected chi connectivity index (χ1v) is 6.44. The molecule has 0 fully saturated rings. The average Bonchev–Trinajstić information content (AvgIpc) is 2.47. The summed E-state index contributed by atoms with van der Waals surface area (Å²) in [5, 5.41) is 13.8. The lowest BCUT2D eigenvalue weighted by atomic mass is 10.2. The van der Waals surface area contributed by atoms with E-state index < -0.39 is 5.91 Å². The normalized spacial score (nSPS) is 10.6. The number of carbonyl (C=O) groups is 1. The molecule has 21 heavy (non-hydrogen) atoms. The number of ether oxygens (including phenoxy) is 1. The van der Waals surface area contributed by atoms with Gasteiger partial charge in [-0.1, -0.05) is 11.6 Å². The molecular formula is C15H13ClN2O3. The van der Waals surface area contributed by atoms with E-state index in [1.807, 2.05) is 0 Å². The Hall–Kier alpha value is -2.53. The molecule has 0 aliphatic carbocycles. The standard InChI is InChI=1S/C15H13ClN2O3/c1-21-12-5-2-10(3-6-12)9-17-18-15(20)13-7-4-11(16)8-14(13)19/h2-9,19H,1H3,(H,18,20). The van der Waals surface area contributed by atoms with Crippen molar-refractivity contribution in [1.82, 2.24) is 5.43 Å². The first-order valence-electron chi connectivity index (χ1n) is 6.06. The molecule has 2 aromatic rings. The van der Waals surface area contributed by atoms with E-state index in [4.69, 9.17) is 16.3 Å². The van der Waals surface area contributed by atoms with E-state index in [1.165, 1.54) is 24.4 Å². The van der Waals surface area contributed by atoms with Gasteiger partial charge in [-0.3, -0.25) is 4.79 Å². The number of benzene rings is 2. The monoisotopic (exact) mass is 304 g/mol. The quantitative estimate of drug-likeness (QED) is 0.674. The first kappa shape index (κ1) is 14.9. The number of halogens is 1. The van der Waals surface area contributed by atoms with Crippen LogP contribution in [0, 0.1) is 0 Å². The fraction of sp³-hybridized carbons (Fsp3) is 0.0667. The Balaban J connectivity index is 2.01. The summed E-state index contributed by atoms with van der Waals surface area (Å²) in [6.45, 7) is 0. The predicted molar refractivity (Wildman–Crippen MR) is 81.2 cm³/mol. The van der Waals surface area contributed by atoms with Crippen LogP contribution < -0.4 is 10.2 Å². The minimum Gasteiger partial charge on any atom is -0.507 e. The van der Waals surface area contributed by atoms with Crippen molar-refractivity contribution in [2.75, 3.05) is 7.11 Å². The summed E-state index contributed by atoms with van der Waals surface area (Å²) in [7, 11) is 1.59. The van der Waals surface area contributed by atoms with Crippen LogP contribution in [0.15, 0.2) is 47.6 Å². The number of hydrazone groups is 1. The Morgan fingerprint density at radius 2 is 2.00 bits per heavy atom. The van der Waals surface area contributed by atoms with E-state index in [0.29, 0.717) is 5.02 Å². The zero-order chi connectivity index (χ0) is 15.2. The third-order valence-corrected chi connectivity index (χ3v) is 2.94. The molecule has 0 aliphatic rings. The van der Waals surface area contributed by atoms with Crippen LogP contribution in [-0.2, 0) is 0 Å². The average molecular weight is 305 g/mol. The van der Waals surface area contributed by atoms with Gasteiger partial charge in [-0.2, -0.15) is 5.10 Å². The number of carbonyl (C=O) groups excluding carboxylic acids is 1. The molecule has 1 amide bonds. The van der Waals surface area contributed by atoms with Crippen LogP contribution in [0.1, 0.15) is 15.9 Å². The van der Waals surface area contributed by atoms with Gasteiger partial charge in [0.1, 0.15) is 11.5 Å². The Labute approximate surface area is 126 Å². The van der Waals surface area contributed by atoms with Crippen molar-refractivity contribution >= 4 is 23.7 Å². The van der Waals surface area contributed by atoms with Crippen molar-refractivity contribution in [2.45, 2.75) is 0 Å². The molecule has 6 heteroatoms. The maximum Gasteiger partial charge on any atom is 0.275 e. The number of phenols is 1. The Morgan fingerprint density at radius 3 is 2.62 bits per heavy atom. The summed E-state index contributed by atoms with van der Waals surface area (Å²) in [5.74, 6) is 0.0239. The molecule has 2 rings (SSSR count). The van der Waals surface area contributed by atoms with Gasteiger partial charge in [0.15, 0.2) is 0 Å². The van der Waals surface area contributed by atoms with Crippen LogP contribution >= 0.6 is 11.6 Å². The second-order valence-corrected chi connectivity index (χ2v) is 4.57. The third kappa shape index (κ3) is 3.97. The van der Waals surface area contributed by atoms with Gasteiger partial charge in [0.25, 0.3) is 5.91 Å². The van der Waals surface area contributed by atoms with Crippen LogP contribution in [0.2, 0.25) is 5.02 Å². The van der Waals surface area contributed by atoms with E-state index >= 15 is 0 Å². The van der Waals surface area contributed by atoms with Crippen LogP contribution in [0.4, 0.5) is 0 Å².